The quantitative estimate of drug-likeness (QED) is 0.839. The molecule has 5 heteroatoms. The van der Waals surface area contributed by atoms with Gasteiger partial charge in [0, 0.05) is 23.7 Å². The highest BCUT2D eigenvalue weighted by Crippen LogP contribution is 2.40. The van der Waals surface area contributed by atoms with Gasteiger partial charge in [0.15, 0.2) is 0 Å². The van der Waals surface area contributed by atoms with E-state index in [1.165, 1.54) is 4.90 Å². The van der Waals surface area contributed by atoms with Crippen molar-refractivity contribution < 1.29 is 9.59 Å². The molecule has 2 aliphatic heterocycles. The number of amides is 2. The van der Waals surface area contributed by atoms with Crippen LogP contribution in [0.1, 0.15) is 17.9 Å². The number of benzene rings is 1. The molecular weight excluding hydrogens is 260 g/mol. The molecule has 1 saturated heterocycles. The van der Waals surface area contributed by atoms with E-state index in [0.717, 1.165) is 17.7 Å². The standard InChI is InChI=1S/C14H16N2O2S/c17-13-8-16(7-3-6-15-13)14(18)11-9-19-12-5-2-1-4-10(11)12/h1-2,4-5,11H,3,6-9H2,(H,15,17). The topological polar surface area (TPSA) is 49.4 Å². The molecule has 2 amide bonds. The van der Waals surface area contributed by atoms with Gasteiger partial charge in [0.25, 0.3) is 0 Å². The van der Waals surface area contributed by atoms with Crippen molar-refractivity contribution >= 4 is 23.6 Å². The maximum atomic E-state index is 12.6. The molecule has 0 bridgehead atoms. The molecule has 2 aliphatic rings. The molecule has 100 valence electrons. The summed E-state index contributed by atoms with van der Waals surface area (Å²) in [5.74, 6) is 0.738. The fourth-order valence-corrected chi connectivity index (χ4v) is 3.80. The zero-order valence-corrected chi connectivity index (χ0v) is 11.4. The Balaban J connectivity index is 1.79. The minimum absolute atomic E-state index is 0.0511. The smallest absolute Gasteiger partial charge is 0.239 e. The monoisotopic (exact) mass is 276 g/mol. The molecular formula is C14H16N2O2S. The Kier molecular flexibility index (Phi) is 3.46. The second kappa shape index (κ2) is 5.25. The summed E-state index contributed by atoms with van der Waals surface area (Å²) in [5, 5.41) is 2.80. The molecule has 0 aromatic heterocycles. The number of carbonyl (C=O) groups excluding carboxylic acids is 2. The highest BCUT2D eigenvalue weighted by Gasteiger charge is 2.33. The van der Waals surface area contributed by atoms with E-state index in [0.29, 0.717) is 13.1 Å². The lowest BCUT2D eigenvalue weighted by atomic mass is 10.00. The SMILES string of the molecule is O=C1CN(C(=O)C2CSc3ccccc32)CCCN1. The van der Waals surface area contributed by atoms with Gasteiger partial charge in [-0.15, -0.1) is 11.8 Å². The van der Waals surface area contributed by atoms with Crippen LogP contribution < -0.4 is 5.32 Å². The molecule has 1 atom stereocenters. The van der Waals surface area contributed by atoms with E-state index in [-0.39, 0.29) is 24.3 Å². The van der Waals surface area contributed by atoms with Crippen molar-refractivity contribution in [3.63, 3.8) is 0 Å². The summed E-state index contributed by atoms with van der Waals surface area (Å²) in [6, 6.07) is 8.05. The fourth-order valence-electron chi connectivity index (χ4n) is 2.58. The van der Waals surface area contributed by atoms with Crippen molar-refractivity contribution in [1.29, 1.82) is 0 Å². The summed E-state index contributed by atoms with van der Waals surface area (Å²) in [6.45, 7) is 1.53. The van der Waals surface area contributed by atoms with Crippen LogP contribution in [0.15, 0.2) is 29.2 Å². The van der Waals surface area contributed by atoms with Crippen molar-refractivity contribution in [3.8, 4) is 0 Å². The fraction of sp³-hybridized carbons (Fsp3) is 0.429. The van der Waals surface area contributed by atoms with Crippen LogP contribution in [0.2, 0.25) is 0 Å². The zero-order valence-electron chi connectivity index (χ0n) is 10.6. The van der Waals surface area contributed by atoms with E-state index in [1.54, 1.807) is 16.7 Å². The van der Waals surface area contributed by atoms with Gasteiger partial charge in [-0.05, 0) is 18.1 Å². The lowest BCUT2D eigenvalue weighted by Crippen LogP contribution is -2.40. The number of fused-ring (bicyclic) bond motifs is 1. The largest absolute Gasteiger partial charge is 0.354 e. The van der Waals surface area contributed by atoms with E-state index in [1.807, 2.05) is 18.2 Å². The summed E-state index contributed by atoms with van der Waals surface area (Å²) >= 11 is 1.73. The Morgan fingerprint density at radius 1 is 1.37 bits per heavy atom. The first-order valence-electron chi connectivity index (χ1n) is 6.53. The molecule has 4 nitrogen and oxygen atoms in total. The third-order valence-corrected chi connectivity index (χ3v) is 4.75. The van der Waals surface area contributed by atoms with Crippen molar-refractivity contribution in [2.75, 3.05) is 25.4 Å². The first kappa shape index (κ1) is 12.5. The van der Waals surface area contributed by atoms with Crippen molar-refractivity contribution in [1.82, 2.24) is 10.2 Å². The molecule has 1 unspecified atom stereocenters. The molecule has 1 fully saturated rings. The Labute approximate surface area is 116 Å². The van der Waals surface area contributed by atoms with Crippen LogP contribution in [0.4, 0.5) is 0 Å². The Morgan fingerprint density at radius 2 is 2.21 bits per heavy atom. The molecule has 19 heavy (non-hydrogen) atoms. The lowest BCUT2D eigenvalue weighted by Gasteiger charge is -2.22. The third-order valence-electron chi connectivity index (χ3n) is 3.57. The molecule has 1 aromatic carbocycles. The maximum absolute atomic E-state index is 12.6. The van der Waals surface area contributed by atoms with E-state index in [9.17, 15) is 9.59 Å². The van der Waals surface area contributed by atoms with Gasteiger partial charge in [0.2, 0.25) is 11.8 Å². The summed E-state index contributed by atoms with van der Waals surface area (Å²) in [4.78, 5) is 27.0. The number of carbonyl (C=O) groups is 2. The number of nitrogens with zero attached hydrogens (tertiary/aromatic N) is 1. The van der Waals surface area contributed by atoms with E-state index < -0.39 is 0 Å². The molecule has 3 rings (SSSR count). The number of nitrogens with one attached hydrogen (secondary N) is 1. The van der Waals surface area contributed by atoms with Gasteiger partial charge < -0.3 is 10.2 Å². The van der Waals surface area contributed by atoms with Gasteiger partial charge in [-0.1, -0.05) is 18.2 Å². The van der Waals surface area contributed by atoms with E-state index in [2.05, 4.69) is 11.4 Å². The Bertz CT molecular complexity index is 518. The molecule has 2 heterocycles. The second-order valence-corrected chi connectivity index (χ2v) is 5.93. The van der Waals surface area contributed by atoms with Crippen LogP contribution in [0.25, 0.3) is 0 Å². The average molecular weight is 276 g/mol. The third kappa shape index (κ3) is 2.47. The molecule has 0 aliphatic carbocycles. The van der Waals surface area contributed by atoms with Crippen LogP contribution in [0.5, 0.6) is 0 Å². The summed E-state index contributed by atoms with van der Waals surface area (Å²) in [7, 11) is 0. The van der Waals surface area contributed by atoms with Crippen LogP contribution in [0, 0.1) is 0 Å². The predicted octanol–water partition coefficient (Wildman–Crippen LogP) is 1.22. The zero-order chi connectivity index (χ0) is 13.2. The lowest BCUT2D eigenvalue weighted by molar-refractivity contribution is -0.136. The van der Waals surface area contributed by atoms with Crippen molar-refractivity contribution in [2.45, 2.75) is 17.2 Å². The summed E-state index contributed by atoms with van der Waals surface area (Å²) in [6.07, 6.45) is 0.832. The van der Waals surface area contributed by atoms with Gasteiger partial charge in [0.05, 0.1) is 12.5 Å². The molecule has 0 spiro atoms. The molecule has 1 aromatic rings. The Hall–Kier alpha value is -1.49. The molecule has 0 saturated carbocycles. The van der Waals surface area contributed by atoms with Gasteiger partial charge in [-0.2, -0.15) is 0 Å². The minimum Gasteiger partial charge on any atom is -0.354 e. The second-order valence-electron chi connectivity index (χ2n) is 4.86. The molecule has 1 N–H and O–H groups in total. The number of thioether (sulfide) groups is 1. The predicted molar refractivity (Wildman–Crippen MR) is 74.1 cm³/mol. The maximum Gasteiger partial charge on any atom is 0.239 e. The van der Waals surface area contributed by atoms with Crippen LogP contribution in [0.3, 0.4) is 0 Å². The van der Waals surface area contributed by atoms with Crippen LogP contribution in [-0.4, -0.2) is 42.1 Å². The van der Waals surface area contributed by atoms with Crippen LogP contribution in [-0.2, 0) is 9.59 Å². The van der Waals surface area contributed by atoms with Crippen molar-refractivity contribution in [3.05, 3.63) is 29.8 Å². The van der Waals surface area contributed by atoms with Gasteiger partial charge in [-0.25, -0.2) is 0 Å². The first-order chi connectivity index (χ1) is 9.25. The number of rotatable bonds is 1. The summed E-state index contributed by atoms with van der Waals surface area (Å²) < 4.78 is 0. The molecule has 0 radical (unpaired) electrons. The highest BCUT2D eigenvalue weighted by atomic mass is 32.2. The van der Waals surface area contributed by atoms with Gasteiger partial charge in [-0.3, -0.25) is 9.59 Å². The average Bonchev–Trinajstić information content (AvgIpc) is 2.73. The Morgan fingerprint density at radius 3 is 3.11 bits per heavy atom. The normalized spacial score (nSPS) is 22.6. The van der Waals surface area contributed by atoms with Crippen molar-refractivity contribution in [2.24, 2.45) is 0 Å². The highest BCUT2D eigenvalue weighted by molar-refractivity contribution is 7.99. The minimum atomic E-state index is -0.0906. The van der Waals surface area contributed by atoms with E-state index >= 15 is 0 Å². The van der Waals surface area contributed by atoms with Gasteiger partial charge >= 0.3 is 0 Å². The summed E-state index contributed by atoms with van der Waals surface area (Å²) in [5.41, 5.74) is 1.11. The van der Waals surface area contributed by atoms with Crippen LogP contribution >= 0.6 is 11.8 Å². The number of hydrogen-bond acceptors (Lipinski definition) is 3. The van der Waals surface area contributed by atoms with E-state index in [4.69, 9.17) is 0 Å². The number of hydrogen-bond donors (Lipinski definition) is 1. The first-order valence-corrected chi connectivity index (χ1v) is 7.51. The van der Waals surface area contributed by atoms with Gasteiger partial charge in [0.1, 0.15) is 0 Å².